The van der Waals surface area contributed by atoms with Gasteiger partial charge in [0, 0.05) is 12.6 Å². The van der Waals surface area contributed by atoms with Crippen molar-refractivity contribution in [1.29, 1.82) is 0 Å². The Balaban J connectivity index is 1.83. The van der Waals surface area contributed by atoms with Gasteiger partial charge in [-0.2, -0.15) is 0 Å². The standard InChI is InChI=1S/C19H20ClN3O4S/c1-4-6-27-16-12(20)8-11(9-14(16)26-3)19(25)23(2)10-15-21-13-5-7-28-17(13)18(24)22-15/h5,7-9H,4,6,10H2,1-3H3,(H,21,22,24). The van der Waals surface area contributed by atoms with Crippen LogP contribution in [0.25, 0.3) is 10.2 Å². The smallest absolute Gasteiger partial charge is 0.268 e. The third-order valence-electron chi connectivity index (χ3n) is 4.02. The lowest BCUT2D eigenvalue weighted by atomic mass is 10.1. The number of hydrogen-bond acceptors (Lipinski definition) is 6. The Labute approximate surface area is 170 Å². The van der Waals surface area contributed by atoms with E-state index < -0.39 is 0 Å². The zero-order valence-corrected chi connectivity index (χ0v) is 17.3. The molecule has 148 valence electrons. The van der Waals surface area contributed by atoms with Crippen molar-refractivity contribution in [2.45, 2.75) is 19.9 Å². The number of benzene rings is 1. The van der Waals surface area contributed by atoms with E-state index in [9.17, 15) is 9.59 Å². The van der Waals surface area contributed by atoms with Crippen LogP contribution in [0, 0.1) is 0 Å². The summed E-state index contributed by atoms with van der Waals surface area (Å²) in [5.74, 6) is 0.936. The van der Waals surface area contributed by atoms with Gasteiger partial charge in [0.25, 0.3) is 11.5 Å². The highest BCUT2D eigenvalue weighted by Crippen LogP contribution is 2.36. The third kappa shape index (κ3) is 4.13. The van der Waals surface area contributed by atoms with Gasteiger partial charge in [-0.3, -0.25) is 9.59 Å². The van der Waals surface area contributed by atoms with E-state index in [1.54, 1.807) is 25.2 Å². The molecule has 0 aliphatic heterocycles. The number of nitrogens with zero attached hydrogens (tertiary/aromatic N) is 2. The van der Waals surface area contributed by atoms with Crippen molar-refractivity contribution in [3.8, 4) is 11.5 Å². The fraction of sp³-hybridized carbons (Fsp3) is 0.316. The molecule has 0 aliphatic rings. The first-order valence-corrected chi connectivity index (χ1v) is 9.92. The first-order chi connectivity index (χ1) is 13.4. The molecule has 3 aromatic rings. The molecule has 3 rings (SSSR count). The number of aromatic nitrogens is 2. The average molecular weight is 422 g/mol. The fourth-order valence-corrected chi connectivity index (χ4v) is 3.69. The molecular formula is C19H20ClN3O4S. The molecule has 0 radical (unpaired) electrons. The highest BCUT2D eigenvalue weighted by atomic mass is 35.5. The molecule has 0 spiro atoms. The van der Waals surface area contributed by atoms with Crippen LogP contribution in [-0.4, -0.2) is 41.5 Å². The summed E-state index contributed by atoms with van der Waals surface area (Å²) in [4.78, 5) is 33.5. The number of amides is 1. The van der Waals surface area contributed by atoms with Gasteiger partial charge in [0.15, 0.2) is 11.5 Å². The maximum atomic E-state index is 12.8. The summed E-state index contributed by atoms with van der Waals surface area (Å²) in [5.41, 5.74) is 0.761. The minimum atomic E-state index is -0.282. The van der Waals surface area contributed by atoms with Crippen LogP contribution >= 0.6 is 22.9 Å². The second-order valence-electron chi connectivity index (χ2n) is 6.15. The van der Waals surface area contributed by atoms with Crippen LogP contribution < -0.4 is 15.0 Å². The van der Waals surface area contributed by atoms with E-state index in [1.165, 1.54) is 23.3 Å². The number of fused-ring (bicyclic) bond motifs is 1. The Hall–Kier alpha value is -2.58. The summed E-state index contributed by atoms with van der Waals surface area (Å²) in [6, 6.07) is 4.92. The van der Waals surface area contributed by atoms with E-state index in [0.717, 1.165) is 6.42 Å². The van der Waals surface area contributed by atoms with Crippen molar-refractivity contribution in [3.05, 3.63) is 50.3 Å². The van der Waals surface area contributed by atoms with Crippen molar-refractivity contribution in [3.63, 3.8) is 0 Å². The monoisotopic (exact) mass is 421 g/mol. The number of nitrogens with one attached hydrogen (secondary N) is 1. The largest absolute Gasteiger partial charge is 0.493 e. The highest BCUT2D eigenvalue weighted by molar-refractivity contribution is 7.17. The van der Waals surface area contributed by atoms with Crippen molar-refractivity contribution in [1.82, 2.24) is 14.9 Å². The lowest BCUT2D eigenvalue weighted by Gasteiger charge is -2.18. The molecule has 0 bridgehead atoms. The van der Waals surface area contributed by atoms with E-state index in [2.05, 4.69) is 9.97 Å². The lowest BCUT2D eigenvalue weighted by molar-refractivity contribution is 0.0781. The van der Waals surface area contributed by atoms with Crippen LogP contribution in [0.3, 0.4) is 0 Å². The van der Waals surface area contributed by atoms with Crippen molar-refractivity contribution < 1.29 is 14.3 Å². The molecule has 0 aliphatic carbocycles. The molecule has 2 heterocycles. The Morgan fingerprint density at radius 3 is 2.89 bits per heavy atom. The molecule has 2 aromatic heterocycles. The first kappa shape index (κ1) is 20.2. The number of ether oxygens (including phenoxy) is 2. The number of rotatable bonds is 7. The van der Waals surface area contributed by atoms with Gasteiger partial charge in [0.2, 0.25) is 0 Å². The summed E-state index contributed by atoms with van der Waals surface area (Å²) in [6.45, 7) is 2.63. The predicted octanol–water partition coefficient (Wildman–Crippen LogP) is 3.71. The molecule has 0 saturated heterocycles. The number of hydrogen-bond donors (Lipinski definition) is 1. The maximum absolute atomic E-state index is 12.8. The summed E-state index contributed by atoms with van der Waals surface area (Å²) in [5, 5.41) is 2.11. The second kappa shape index (κ2) is 8.62. The number of aromatic amines is 1. The Morgan fingerprint density at radius 1 is 1.39 bits per heavy atom. The number of H-pyrrole nitrogens is 1. The summed E-state index contributed by atoms with van der Waals surface area (Å²) < 4.78 is 11.5. The Bertz CT molecular complexity index is 1060. The highest BCUT2D eigenvalue weighted by Gasteiger charge is 2.19. The molecule has 0 fully saturated rings. The van der Waals surface area contributed by atoms with Gasteiger partial charge in [-0.25, -0.2) is 4.98 Å². The van der Waals surface area contributed by atoms with Gasteiger partial charge >= 0.3 is 0 Å². The maximum Gasteiger partial charge on any atom is 0.268 e. The van der Waals surface area contributed by atoms with E-state index in [1.807, 2.05) is 12.3 Å². The zero-order chi connectivity index (χ0) is 20.3. The molecule has 1 N–H and O–H groups in total. The lowest BCUT2D eigenvalue weighted by Crippen LogP contribution is -2.28. The van der Waals surface area contributed by atoms with Crippen molar-refractivity contribution in [2.24, 2.45) is 0 Å². The van der Waals surface area contributed by atoms with Gasteiger partial charge in [-0.1, -0.05) is 18.5 Å². The average Bonchev–Trinajstić information content (AvgIpc) is 3.15. The number of carbonyl (C=O) groups is 1. The SMILES string of the molecule is CCCOc1c(Cl)cc(C(=O)N(C)Cc2nc3ccsc3c(=O)[nH]2)cc1OC. The molecule has 7 nitrogen and oxygen atoms in total. The number of carbonyl (C=O) groups excluding carboxylic acids is 1. The van der Waals surface area contributed by atoms with Crippen LogP contribution in [0.5, 0.6) is 11.5 Å². The van der Waals surface area contributed by atoms with Crippen molar-refractivity contribution in [2.75, 3.05) is 20.8 Å². The quantitative estimate of drug-likeness (QED) is 0.628. The van der Waals surface area contributed by atoms with Crippen LogP contribution in [0.1, 0.15) is 29.5 Å². The van der Waals surface area contributed by atoms with E-state index in [4.69, 9.17) is 21.1 Å². The molecule has 0 saturated carbocycles. The van der Waals surface area contributed by atoms with Gasteiger partial charge < -0.3 is 19.4 Å². The number of methoxy groups -OCH3 is 1. The van der Waals surface area contributed by atoms with Gasteiger partial charge in [-0.15, -0.1) is 11.3 Å². The topological polar surface area (TPSA) is 84.5 Å². The molecule has 0 unspecified atom stereocenters. The van der Waals surface area contributed by atoms with Crippen LogP contribution in [0.2, 0.25) is 5.02 Å². The third-order valence-corrected chi connectivity index (χ3v) is 5.21. The van der Waals surface area contributed by atoms with Gasteiger partial charge in [-0.05, 0) is 30.0 Å². The summed E-state index contributed by atoms with van der Waals surface area (Å²) >= 11 is 7.63. The number of halogens is 1. The minimum Gasteiger partial charge on any atom is -0.493 e. The minimum absolute atomic E-state index is 0.147. The molecule has 9 heteroatoms. The summed E-state index contributed by atoms with van der Waals surface area (Å²) in [6.07, 6.45) is 0.822. The Kier molecular flexibility index (Phi) is 6.21. The number of thiophene rings is 1. The van der Waals surface area contributed by atoms with Gasteiger partial charge in [0.1, 0.15) is 10.5 Å². The van der Waals surface area contributed by atoms with Crippen LogP contribution in [0.15, 0.2) is 28.4 Å². The zero-order valence-electron chi connectivity index (χ0n) is 15.7. The van der Waals surface area contributed by atoms with Crippen LogP contribution in [-0.2, 0) is 6.54 Å². The normalized spacial score (nSPS) is 10.9. The molecule has 1 amide bonds. The molecule has 1 aromatic carbocycles. The Morgan fingerprint density at radius 2 is 2.18 bits per heavy atom. The fourth-order valence-electron chi connectivity index (χ4n) is 2.70. The van der Waals surface area contributed by atoms with Crippen molar-refractivity contribution >= 4 is 39.1 Å². The molecular weight excluding hydrogens is 402 g/mol. The predicted molar refractivity (Wildman–Crippen MR) is 110 cm³/mol. The summed E-state index contributed by atoms with van der Waals surface area (Å²) in [7, 11) is 3.12. The van der Waals surface area contributed by atoms with E-state index in [-0.39, 0.29) is 18.0 Å². The first-order valence-electron chi connectivity index (χ1n) is 8.66. The molecule has 28 heavy (non-hydrogen) atoms. The van der Waals surface area contributed by atoms with Crippen LogP contribution in [0.4, 0.5) is 0 Å². The second-order valence-corrected chi connectivity index (χ2v) is 7.47. The van der Waals surface area contributed by atoms with E-state index in [0.29, 0.717) is 44.7 Å². The van der Waals surface area contributed by atoms with Gasteiger partial charge in [0.05, 0.1) is 30.8 Å². The van der Waals surface area contributed by atoms with E-state index >= 15 is 0 Å². The molecule has 0 atom stereocenters.